The van der Waals surface area contributed by atoms with Gasteiger partial charge in [0.15, 0.2) is 5.96 Å². The molecule has 0 unspecified atom stereocenters. The minimum atomic E-state index is 0. The molecule has 22 heavy (non-hydrogen) atoms. The molecule has 3 N–H and O–H groups in total. The Morgan fingerprint density at radius 1 is 1.14 bits per heavy atom. The van der Waals surface area contributed by atoms with Gasteiger partial charge in [0.1, 0.15) is 5.75 Å². The van der Waals surface area contributed by atoms with Crippen molar-refractivity contribution in [2.45, 2.75) is 45.4 Å². The number of hydrogen-bond acceptors (Lipinski definition) is 2. The van der Waals surface area contributed by atoms with Crippen LogP contribution in [0, 0.1) is 0 Å². The summed E-state index contributed by atoms with van der Waals surface area (Å²) in [5.41, 5.74) is 7.13. The van der Waals surface area contributed by atoms with Crippen molar-refractivity contribution in [2.24, 2.45) is 10.7 Å². The maximum Gasteiger partial charge on any atom is 0.188 e. The Morgan fingerprint density at radius 3 is 2.50 bits per heavy atom. The van der Waals surface area contributed by atoms with Crippen LogP contribution in [0.5, 0.6) is 5.75 Å². The van der Waals surface area contributed by atoms with E-state index in [1.807, 2.05) is 12.1 Å². The SMILES string of the molecule is CCCCCCNC(N)=NCCCc1ccc(OC)cc1.I. The van der Waals surface area contributed by atoms with Crippen LogP contribution in [0.3, 0.4) is 0 Å². The Hall–Kier alpha value is -0.980. The van der Waals surface area contributed by atoms with Gasteiger partial charge in [-0.3, -0.25) is 4.99 Å². The molecule has 0 bridgehead atoms. The molecule has 126 valence electrons. The highest BCUT2D eigenvalue weighted by Gasteiger charge is 1.95. The van der Waals surface area contributed by atoms with Crippen LogP contribution in [0.2, 0.25) is 0 Å². The molecule has 1 aromatic rings. The number of rotatable bonds is 10. The number of aliphatic imine (C=N–C) groups is 1. The monoisotopic (exact) mass is 419 g/mol. The van der Waals surface area contributed by atoms with Gasteiger partial charge in [0.2, 0.25) is 0 Å². The lowest BCUT2D eigenvalue weighted by molar-refractivity contribution is 0.414. The molecular formula is C17H30IN3O. The second kappa shape index (κ2) is 13.7. The van der Waals surface area contributed by atoms with E-state index < -0.39 is 0 Å². The first kappa shape index (κ1) is 21.0. The molecule has 0 aliphatic carbocycles. The molecule has 0 saturated heterocycles. The first-order valence-corrected chi connectivity index (χ1v) is 7.93. The lowest BCUT2D eigenvalue weighted by Gasteiger charge is -2.05. The predicted octanol–water partition coefficient (Wildman–Crippen LogP) is 3.73. The fourth-order valence-electron chi connectivity index (χ4n) is 2.10. The molecule has 0 heterocycles. The van der Waals surface area contributed by atoms with E-state index in [2.05, 4.69) is 29.4 Å². The van der Waals surface area contributed by atoms with Crippen molar-refractivity contribution < 1.29 is 4.74 Å². The summed E-state index contributed by atoms with van der Waals surface area (Å²) in [5.74, 6) is 1.47. The second-order valence-electron chi connectivity index (χ2n) is 5.21. The Bertz CT molecular complexity index is 407. The van der Waals surface area contributed by atoms with Gasteiger partial charge < -0.3 is 15.8 Å². The quantitative estimate of drug-likeness (QED) is 0.263. The van der Waals surface area contributed by atoms with Gasteiger partial charge in [-0.05, 0) is 37.0 Å². The minimum absolute atomic E-state index is 0. The third-order valence-electron chi connectivity index (χ3n) is 3.40. The highest BCUT2D eigenvalue weighted by Crippen LogP contribution is 2.12. The number of guanidine groups is 1. The summed E-state index contributed by atoms with van der Waals surface area (Å²) < 4.78 is 5.14. The van der Waals surface area contributed by atoms with Crippen molar-refractivity contribution in [3.63, 3.8) is 0 Å². The fourth-order valence-corrected chi connectivity index (χ4v) is 2.10. The maximum absolute atomic E-state index is 5.83. The number of unbranched alkanes of at least 4 members (excludes halogenated alkanes) is 3. The van der Waals surface area contributed by atoms with E-state index in [-0.39, 0.29) is 24.0 Å². The van der Waals surface area contributed by atoms with Gasteiger partial charge >= 0.3 is 0 Å². The maximum atomic E-state index is 5.83. The van der Waals surface area contributed by atoms with E-state index in [9.17, 15) is 0 Å². The predicted molar refractivity (Wildman–Crippen MR) is 105 cm³/mol. The molecular weight excluding hydrogens is 389 g/mol. The Kier molecular flexibility index (Phi) is 13.1. The lowest BCUT2D eigenvalue weighted by Crippen LogP contribution is -2.32. The zero-order chi connectivity index (χ0) is 15.3. The van der Waals surface area contributed by atoms with Crippen LogP contribution in [0.4, 0.5) is 0 Å². The van der Waals surface area contributed by atoms with E-state index in [1.165, 1.54) is 24.8 Å². The summed E-state index contributed by atoms with van der Waals surface area (Å²) in [6.07, 6.45) is 6.99. The first-order chi connectivity index (χ1) is 10.3. The van der Waals surface area contributed by atoms with Gasteiger partial charge in [-0.2, -0.15) is 0 Å². The number of methoxy groups -OCH3 is 1. The summed E-state index contributed by atoms with van der Waals surface area (Å²) in [7, 11) is 1.68. The first-order valence-electron chi connectivity index (χ1n) is 7.93. The molecule has 0 aromatic heterocycles. The number of halogens is 1. The van der Waals surface area contributed by atoms with Crippen molar-refractivity contribution in [3.8, 4) is 5.75 Å². The molecule has 0 radical (unpaired) electrons. The van der Waals surface area contributed by atoms with E-state index in [4.69, 9.17) is 10.5 Å². The second-order valence-corrected chi connectivity index (χ2v) is 5.21. The fraction of sp³-hybridized carbons (Fsp3) is 0.588. The number of ether oxygens (including phenoxy) is 1. The summed E-state index contributed by atoms with van der Waals surface area (Å²) in [4.78, 5) is 4.35. The number of nitrogens with one attached hydrogen (secondary N) is 1. The van der Waals surface area contributed by atoms with Crippen LogP contribution in [0.25, 0.3) is 0 Å². The summed E-state index contributed by atoms with van der Waals surface area (Å²) in [6.45, 7) is 3.90. The smallest absolute Gasteiger partial charge is 0.188 e. The lowest BCUT2D eigenvalue weighted by atomic mass is 10.1. The standard InChI is InChI=1S/C17H29N3O.HI/c1-3-4-5-6-13-19-17(18)20-14-7-8-15-9-11-16(21-2)12-10-15;/h9-12H,3-8,13-14H2,1-2H3,(H3,18,19,20);1H. The molecule has 0 atom stereocenters. The van der Waals surface area contributed by atoms with Gasteiger partial charge in [-0.15, -0.1) is 24.0 Å². The summed E-state index contributed by atoms with van der Waals surface area (Å²) in [6, 6.07) is 8.17. The number of nitrogens with two attached hydrogens (primary N) is 1. The van der Waals surface area contributed by atoms with Crippen LogP contribution >= 0.6 is 24.0 Å². The average molecular weight is 419 g/mol. The van der Waals surface area contributed by atoms with Gasteiger partial charge in [-0.25, -0.2) is 0 Å². The molecule has 0 amide bonds. The van der Waals surface area contributed by atoms with E-state index in [0.29, 0.717) is 5.96 Å². The number of benzene rings is 1. The molecule has 1 rings (SSSR count). The largest absolute Gasteiger partial charge is 0.497 e. The number of aryl methyl sites for hydroxylation is 1. The Labute approximate surface area is 151 Å². The van der Waals surface area contributed by atoms with Gasteiger partial charge in [0.25, 0.3) is 0 Å². The van der Waals surface area contributed by atoms with Crippen molar-refractivity contribution >= 4 is 29.9 Å². The summed E-state index contributed by atoms with van der Waals surface area (Å²) in [5, 5.41) is 3.17. The number of nitrogens with zero attached hydrogens (tertiary/aromatic N) is 1. The molecule has 0 saturated carbocycles. The molecule has 1 aromatic carbocycles. The van der Waals surface area contributed by atoms with Crippen LogP contribution in [0.1, 0.15) is 44.6 Å². The van der Waals surface area contributed by atoms with Crippen LogP contribution in [0.15, 0.2) is 29.3 Å². The molecule has 0 aliphatic heterocycles. The zero-order valence-electron chi connectivity index (χ0n) is 13.8. The average Bonchev–Trinajstić information content (AvgIpc) is 2.52. The molecule has 4 nitrogen and oxygen atoms in total. The topological polar surface area (TPSA) is 59.6 Å². The molecule has 0 fully saturated rings. The third-order valence-corrected chi connectivity index (χ3v) is 3.40. The van der Waals surface area contributed by atoms with Crippen molar-refractivity contribution in [3.05, 3.63) is 29.8 Å². The van der Waals surface area contributed by atoms with Crippen molar-refractivity contribution in [1.29, 1.82) is 0 Å². The normalized spacial score (nSPS) is 10.9. The van der Waals surface area contributed by atoms with Gasteiger partial charge in [0.05, 0.1) is 7.11 Å². The van der Waals surface area contributed by atoms with E-state index >= 15 is 0 Å². The van der Waals surface area contributed by atoms with Gasteiger partial charge in [0, 0.05) is 13.1 Å². The number of hydrogen-bond donors (Lipinski definition) is 2. The third kappa shape index (κ3) is 9.87. The highest BCUT2D eigenvalue weighted by molar-refractivity contribution is 14.0. The van der Waals surface area contributed by atoms with Crippen LogP contribution < -0.4 is 15.8 Å². The molecule has 5 heteroatoms. The molecule has 0 aliphatic rings. The zero-order valence-corrected chi connectivity index (χ0v) is 16.1. The Morgan fingerprint density at radius 2 is 1.86 bits per heavy atom. The van der Waals surface area contributed by atoms with Gasteiger partial charge in [-0.1, -0.05) is 38.3 Å². The molecule has 0 spiro atoms. The minimum Gasteiger partial charge on any atom is -0.497 e. The van der Waals surface area contributed by atoms with E-state index in [0.717, 1.165) is 38.1 Å². The Balaban J connectivity index is 0.00000441. The van der Waals surface area contributed by atoms with Crippen molar-refractivity contribution in [2.75, 3.05) is 20.2 Å². The van der Waals surface area contributed by atoms with E-state index in [1.54, 1.807) is 7.11 Å². The summed E-state index contributed by atoms with van der Waals surface area (Å²) >= 11 is 0. The van der Waals surface area contributed by atoms with Crippen LogP contribution in [-0.2, 0) is 6.42 Å². The van der Waals surface area contributed by atoms with Crippen molar-refractivity contribution in [1.82, 2.24) is 5.32 Å². The van der Waals surface area contributed by atoms with Crippen LogP contribution in [-0.4, -0.2) is 26.2 Å². The highest BCUT2D eigenvalue weighted by atomic mass is 127.